The summed E-state index contributed by atoms with van der Waals surface area (Å²) in [6.07, 6.45) is 1.09. The summed E-state index contributed by atoms with van der Waals surface area (Å²) in [6, 6.07) is 10.6. The lowest BCUT2D eigenvalue weighted by Gasteiger charge is -2.26. The predicted octanol–water partition coefficient (Wildman–Crippen LogP) is 2.32. The third-order valence-electron chi connectivity index (χ3n) is 2.30. The van der Waals surface area contributed by atoms with E-state index in [0.29, 0.717) is 0 Å². The van der Waals surface area contributed by atoms with E-state index < -0.39 is 0 Å². The average molecular weight is 243 g/mol. The molecule has 3 heteroatoms. The second-order valence-electron chi connectivity index (χ2n) is 4.96. The number of nitrogens with zero attached hydrogens (tertiary/aromatic N) is 1. The van der Waals surface area contributed by atoms with Crippen LogP contribution >= 0.6 is 12.4 Å². The van der Waals surface area contributed by atoms with E-state index in [1.165, 1.54) is 5.56 Å². The van der Waals surface area contributed by atoms with Gasteiger partial charge in [-0.3, -0.25) is 0 Å². The molecule has 0 fully saturated rings. The Labute approximate surface area is 105 Å². The molecule has 1 aromatic carbocycles. The van der Waals surface area contributed by atoms with Crippen molar-refractivity contribution in [3.8, 4) is 0 Å². The van der Waals surface area contributed by atoms with Gasteiger partial charge in [-0.15, -0.1) is 12.4 Å². The van der Waals surface area contributed by atoms with Crippen LogP contribution in [0.25, 0.3) is 0 Å². The average Bonchev–Trinajstić information content (AvgIpc) is 2.14. The maximum atomic E-state index is 5.96. The van der Waals surface area contributed by atoms with Crippen LogP contribution in [-0.4, -0.2) is 30.6 Å². The zero-order valence-electron chi connectivity index (χ0n) is 10.4. The maximum Gasteiger partial charge on any atom is 0.0225 e. The second-order valence-corrected chi connectivity index (χ2v) is 4.96. The highest BCUT2D eigenvalue weighted by Crippen LogP contribution is 2.03. The Hall–Kier alpha value is -0.570. The van der Waals surface area contributed by atoms with Gasteiger partial charge in [0, 0.05) is 18.6 Å². The Kier molecular flexibility index (Phi) is 6.65. The van der Waals surface area contributed by atoms with Gasteiger partial charge in [0.1, 0.15) is 0 Å². The molecule has 0 radical (unpaired) electrons. The Balaban J connectivity index is 0.00000225. The van der Waals surface area contributed by atoms with Crippen LogP contribution in [0.2, 0.25) is 0 Å². The fraction of sp³-hybridized carbons (Fsp3) is 0.538. The number of hydrogen-bond donors (Lipinski definition) is 1. The number of nitrogens with two attached hydrogens (primary N) is 1. The van der Waals surface area contributed by atoms with Crippen molar-refractivity contribution in [3.05, 3.63) is 35.9 Å². The summed E-state index contributed by atoms with van der Waals surface area (Å²) in [5.74, 6) is 0. The lowest BCUT2D eigenvalue weighted by atomic mass is 10.1. The first-order valence-corrected chi connectivity index (χ1v) is 5.49. The van der Waals surface area contributed by atoms with Gasteiger partial charge in [0.25, 0.3) is 0 Å². The minimum absolute atomic E-state index is 0. The number of hydrogen-bond acceptors (Lipinski definition) is 2. The van der Waals surface area contributed by atoms with Gasteiger partial charge in [0.15, 0.2) is 0 Å². The number of benzene rings is 1. The lowest BCUT2D eigenvalue weighted by Crippen LogP contribution is -2.44. The molecule has 0 atom stereocenters. The molecule has 0 aliphatic rings. The molecule has 0 aromatic heterocycles. The standard InChI is InChI=1S/C13H22N2.ClH/c1-13(2,14)11-15(3)10-9-12-7-5-4-6-8-12;/h4-8H,9-11,14H2,1-3H3;1H. The van der Waals surface area contributed by atoms with Crippen molar-refractivity contribution < 1.29 is 0 Å². The Morgan fingerprint density at radius 3 is 2.25 bits per heavy atom. The molecule has 0 saturated carbocycles. The molecule has 0 heterocycles. The van der Waals surface area contributed by atoms with Crippen LogP contribution < -0.4 is 5.73 Å². The van der Waals surface area contributed by atoms with E-state index >= 15 is 0 Å². The van der Waals surface area contributed by atoms with E-state index in [-0.39, 0.29) is 17.9 Å². The third-order valence-corrected chi connectivity index (χ3v) is 2.30. The van der Waals surface area contributed by atoms with E-state index in [9.17, 15) is 0 Å². The van der Waals surface area contributed by atoms with E-state index in [4.69, 9.17) is 5.73 Å². The summed E-state index contributed by atoms with van der Waals surface area (Å²) in [7, 11) is 2.12. The van der Waals surface area contributed by atoms with Crippen LogP contribution in [0.4, 0.5) is 0 Å². The molecular formula is C13H23ClN2. The number of likely N-dealkylation sites (N-methyl/N-ethyl adjacent to an activating group) is 1. The second kappa shape index (κ2) is 6.89. The van der Waals surface area contributed by atoms with Gasteiger partial charge < -0.3 is 10.6 Å². The molecule has 0 aliphatic carbocycles. The zero-order valence-corrected chi connectivity index (χ0v) is 11.3. The molecule has 1 aromatic rings. The van der Waals surface area contributed by atoms with Crippen LogP contribution in [0, 0.1) is 0 Å². The SMILES string of the molecule is CN(CCc1ccccc1)CC(C)(C)N.Cl. The Morgan fingerprint density at radius 1 is 1.19 bits per heavy atom. The number of halogens is 1. The summed E-state index contributed by atoms with van der Waals surface area (Å²) < 4.78 is 0. The monoisotopic (exact) mass is 242 g/mol. The number of rotatable bonds is 5. The molecule has 0 amide bonds. The van der Waals surface area contributed by atoms with Crippen molar-refractivity contribution >= 4 is 12.4 Å². The molecule has 0 unspecified atom stereocenters. The van der Waals surface area contributed by atoms with Crippen molar-refractivity contribution in [2.45, 2.75) is 25.8 Å². The summed E-state index contributed by atoms with van der Waals surface area (Å²) in [4.78, 5) is 2.28. The molecule has 0 spiro atoms. The minimum Gasteiger partial charge on any atom is -0.324 e. The van der Waals surface area contributed by atoms with E-state index in [2.05, 4.69) is 56.1 Å². The molecule has 0 aliphatic heterocycles. The fourth-order valence-electron chi connectivity index (χ4n) is 1.74. The van der Waals surface area contributed by atoms with Crippen molar-refractivity contribution in [1.29, 1.82) is 0 Å². The van der Waals surface area contributed by atoms with Crippen molar-refractivity contribution in [2.24, 2.45) is 5.73 Å². The third kappa shape index (κ3) is 6.83. The molecule has 0 saturated heterocycles. The molecule has 16 heavy (non-hydrogen) atoms. The highest BCUT2D eigenvalue weighted by atomic mass is 35.5. The first-order valence-electron chi connectivity index (χ1n) is 5.49. The summed E-state index contributed by atoms with van der Waals surface area (Å²) >= 11 is 0. The molecule has 92 valence electrons. The predicted molar refractivity (Wildman–Crippen MR) is 73.2 cm³/mol. The summed E-state index contributed by atoms with van der Waals surface area (Å²) in [5.41, 5.74) is 7.25. The molecule has 1 rings (SSSR count). The molecule has 2 nitrogen and oxygen atoms in total. The minimum atomic E-state index is -0.106. The van der Waals surface area contributed by atoms with Crippen LogP contribution in [-0.2, 0) is 6.42 Å². The molecular weight excluding hydrogens is 220 g/mol. The highest BCUT2D eigenvalue weighted by Gasteiger charge is 2.13. The van der Waals surface area contributed by atoms with Crippen LogP contribution in [0.15, 0.2) is 30.3 Å². The molecule has 2 N–H and O–H groups in total. The first kappa shape index (κ1) is 15.4. The Bertz CT molecular complexity index is 280. The van der Waals surface area contributed by atoms with E-state index in [1.54, 1.807) is 0 Å². The van der Waals surface area contributed by atoms with Gasteiger partial charge in [-0.05, 0) is 32.9 Å². The van der Waals surface area contributed by atoms with Crippen molar-refractivity contribution in [3.63, 3.8) is 0 Å². The van der Waals surface area contributed by atoms with E-state index in [1.807, 2.05) is 0 Å². The highest BCUT2D eigenvalue weighted by molar-refractivity contribution is 5.85. The first-order chi connectivity index (χ1) is 6.97. The van der Waals surface area contributed by atoms with Crippen molar-refractivity contribution in [2.75, 3.05) is 20.1 Å². The zero-order chi connectivity index (χ0) is 11.3. The van der Waals surface area contributed by atoms with Gasteiger partial charge in [0.05, 0.1) is 0 Å². The normalized spacial score (nSPS) is 11.3. The van der Waals surface area contributed by atoms with Crippen LogP contribution in [0.3, 0.4) is 0 Å². The fourth-order valence-corrected chi connectivity index (χ4v) is 1.74. The smallest absolute Gasteiger partial charge is 0.0225 e. The van der Waals surface area contributed by atoms with Crippen molar-refractivity contribution in [1.82, 2.24) is 4.90 Å². The van der Waals surface area contributed by atoms with Gasteiger partial charge in [-0.1, -0.05) is 30.3 Å². The van der Waals surface area contributed by atoms with Gasteiger partial charge in [-0.2, -0.15) is 0 Å². The molecule has 0 bridgehead atoms. The quantitative estimate of drug-likeness (QED) is 0.859. The summed E-state index contributed by atoms with van der Waals surface area (Å²) in [6.45, 7) is 6.11. The van der Waals surface area contributed by atoms with Crippen LogP contribution in [0.1, 0.15) is 19.4 Å². The van der Waals surface area contributed by atoms with Gasteiger partial charge in [0.2, 0.25) is 0 Å². The van der Waals surface area contributed by atoms with E-state index in [0.717, 1.165) is 19.5 Å². The maximum absolute atomic E-state index is 5.96. The lowest BCUT2D eigenvalue weighted by molar-refractivity contribution is 0.273. The van der Waals surface area contributed by atoms with Crippen LogP contribution in [0.5, 0.6) is 0 Å². The van der Waals surface area contributed by atoms with Gasteiger partial charge in [-0.25, -0.2) is 0 Å². The topological polar surface area (TPSA) is 29.3 Å². The largest absolute Gasteiger partial charge is 0.324 e. The summed E-state index contributed by atoms with van der Waals surface area (Å²) in [5, 5.41) is 0. The Morgan fingerprint density at radius 2 is 1.75 bits per heavy atom. The van der Waals surface area contributed by atoms with Gasteiger partial charge >= 0.3 is 0 Å².